The van der Waals surface area contributed by atoms with Gasteiger partial charge in [-0.1, -0.05) is 0 Å². The largest absolute Gasteiger partial charge is 0.398 e. The van der Waals surface area contributed by atoms with E-state index < -0.39 is 0 Å². The number of nitrogen functional groups attached to an aromatic ring is 1. The molecule has 0 bridgehead atoms. The van der Waals surface area contributed by atoms with E-state index in [-0.39, 0.29) is 6.61 Å². The molecule has 0 aromatic heterocycles. The Bertz CT molecular complexity index is 418. The summed E-state index contributed by atoms with van der Waals surface area (Å²) in [5, 5.41) is 22.4. The molecule has 0 saturated heterocycles. The molecule has 0 saturated carbocycles. The van der Waals surface area contributed by atoms with Gasteiger partial charge in [0.2, 0.25) is 0 Å². The Morgan fingerprint density at radius 2 is 2.25 bits per heavy atom. The van der Waals surface area contributed by atoms with Crippen molar-refractivity contribution in [3.8, 4) is 0 Å². The van der Waals surface area contributed by atoms with Crippen LogP contribution in [0.15, 0.2) is 18.3 Å². The highest BCUT2D eigenvalue weighted by Crippen LogP contribution is 2.30. The van der Waals surface area contributed by atoms with E-state index >= 15 is 0 Å². The van der Waals surface area contributed by atoms with Gasteiger partial charge in [-0.3, -0.25) is 10.3 Å². The van der Waals surface area contributed by atoms with Gasteiger partial charge in [-0.2, -0.15) is 0 Å². The second-order valence-corrected chi connectivity index (χ2v) is 3.66. The molecule has 0 fully saturated rings. The number of rotatable bonds is 3. The van der Waals surface area contributed by atoms with Crippen LogP contribution >= 0.6 is 0 Å². The summed E-state index contributed by atoms with van der Waals surface area (Å²) in [4.78, 5) is 0. The summed E-state index contributed by atoms with van der Waals surface area (Å²) >= 11 is 0. The number of nitrogens with zero attached hydrogens (tertiary/aromatic N) is 1. The summed E-state index contributed by atoms with van der Waals surface area (Å²) in [7, 11) is 0. The third kappa shape index (κ3) is 1.95. The number of fused-ring (bicyclic) bond motifs is 1. The van der Waals surface area contributed by atoms with Crippen molar-refractivity contribution in [2.24, 2.45) is 0 Å². The molecule has 0 atom stereocenters. The number of hydrogen-bond acceptors (Lipinski definition) is 5. The van der Waals surface area contributed by atoms with E-state index in [0.29, 0.717) is 18.8 Å². The zero-order chi connectivity index (χ0) is 11.5. The zero-order valence-corrected chi connectivity index (χ0v) is 8.85. The predicted octanol–water partition coefficient (Wildman–Crippen LogP) is 0.849. The molecule has 1 aromatic carbocycles. The quantitative estimate of drug-likeness (QED) is 0.569. The molecule has 1 aromatic rings. The van der Waals surface area contributed by atoms with Gasteiger partial charge in [0.15, 0.2) is 0 Å². The van der Waals surface area contributed by atoms with Gasteiger partial charge in [-0.15, -0.1) is 0 Å². The van der Waals surface area contributed by atoms with E-state index in [9.17, 15) is 5.21 Å². The van der Waals surface area contributed by atoms with Gasteiger partial charge < -0.3 is 16.2 Å². The summed E-state index contributed by atoms with van der Waals surface area (Å²) in [6, 6.07) is 3.67. The number of anilines is 2. The minimum absolute atomic E-state index is 0.0673. The molecule has 0 radical (unpaired) electrons. The molecule has 1 heterocycles. The Morgan fingerprint density at radius 1 is 1.44 bits per heavy atom. The highest BCUT2D eigenvalue weighted by Gasteiger charge is 2.15. The second-order valence-electron chi connectivity index (χ2n) is 3.66. The van der Waals surface area contributed by atoms with E-state index in [1.165, 1.54) is 0 Å². The predicted molar refractivity (Wildman–Crippen MR) is 62.8 cm³/mol. The number of hydrogen-bond donors (Lipinski definition) is 4. The van der Waals surface area contributed by atoms with E-state index in [1.54, 1.807) is 12.3 Å². The van der Waals surface area contributed by atoms with Gasteiger partial charge in [-0.25, -0.2) is 0 Å². The third-order valence-corrected chi connectivity index (χ3v) is 2.55. The Hall–Kier alpha value is -1.72. The lowest BCUT2D eigenvalue weighted by atomic mass is 10.0. The van der Waals surface area contributed by atoms with Gasteiger partial charge in [0.1, 0.15) is 0 Å². The molecule has 0 spiro atoms. The lowest BCUT2D eigenvalue weighted by Crippen LogP contribution is -2.18. The molecule has 5 heteroatoms. The van der Waals surface area contributed by atoms with Crippen molar-refractivity contribution < 1.29 is 10.3 Å². The van der Waals surface area contributed by atoms with Crippen LogP contribution in [0.3, 0.4) is 0 Å². The summed E-state index contributed by atoms with van der Waals surface area (Å²) in [6.07, 6.45) is 3.35. The van der Waals surface area contributed by atoms with Crippen LogP contribution in [0.2, 0.25) is 0 Å². The summed E-state index contributed by atoms with van der Waals surface area (Å²) in [5.41, 5.74) is 9.30. The van der Waals surface area contributed by atoms with Crippen LogP contribution in [-0.4, -0.2) is 28.5 Å². The lowest BCUT2D eigenvalue weighted by molar-refractivity contribution is -0.0492. The van der Waals surface area contributed by atoms with Crippen molar-refractivity contribution in [3.63, 3.8) is 0 Å². The second kappa shape index (κ2) is 4.42. The molecular formula is C11H15N3O2. The number of hydroxylamine groups is 2. The van der Waals surface area contributed by atoms with Crippen LogP contribution in [-0.2, 0) is 6.54 Å². The smallest absolute Gasteiger partial charge is 0.0723 e. The maximum atomic E-state index is 9.43. The van der Waals surface area contributed by atoms with Crippen molar-refractivity contribution in [1.82, 2.24) is 5.06 Å². The summed E-state index contributed by atoms with van der Waals surface area (Å²) in [6.45, 7) is 0.938. The minimum Gasteiger partial charge on any atom is -0.398 e. The molecular weight excluding hydrogens is 206 g/mol. The number of aliphatic hydroxyl groups is 1. The maximum absolute atomic E-state index is 9.43. The van der Waals surface area contributed by atoms with Gasteiger partial charge >= 0.3 is 0 Å². The lowest BCUT2D eigenvalue weighted by Gasteiger charge is -2.23. The van der Waals surface area contributed by atoms with Crippen LogP contribution in [0.1, 0.15) is 11.1 Å². The molecule has 5 N–H and O–H groups in total. The van der Waals surface area contributed by atoms with E-state index in [0.717, 1.165) is 21.9 Å². The number of benzene rings is 1. The fraction of sp³-hybridized carbons (Fsp3) is 0.273. The van der Waals surface area contributed by atoms with Crippen LogP contribution in [0.25, 0.3) is 6.08 Å². The number of nitrogens with two attached hydrogens (primary N) is 1. The first-order valence-corrected chi connectivity index (χ1v) is 5.12. The fourth-order valence-corrected chi connectivity index (χ4v) is 1.78. The average Bonchev–Trinajstić information content (AvgIpc) is 2.28. The van der Waals surface area contributed by atoms with Crippen molar-refractivity contribution in [2.45, 2.75) is 6.54 Å². The molecule has 2 rings (SSSR count). The Balaban J connectivity index is 2.37. The molecule has 1 aliphatic heterocycles. The fourth-order valence-electron chi connectivity index (χ4n) is 1.78. The van der Waals surface area contributed by atoms with Gasteiger partial charge in [-0.05, 0) is 18.2 Å². The normalized spacial score (nSPS) is 13.8. The first-order chi connectivity index (χ1) is 7.72. The van der Waals surface area contributed by atoms with Gasteiger partial charge in [0.05, 0.1) is 13.2 Å². The first-order valence-electron chi connectivity index (χ1n) is 5.12. The van der Waals surface area contributed by atoms with E-state index in [2.05, 4.69) is 5.32 Å². The Morgan fingerprint density at radius 3 is 3.00 bits per heavy atom. The highest BCUT2D eigenvalue weighted by molar-refractivity contribution is 5.75. The SMILES string of the molecule is Nc1ccc(NCCO)c2c1C=CN(O)C2. The topological polar surface area (TPSA) is 81.8 Å². The Labute approximate surface area is 93.8 Å². The van der Waals surface area contributed by atoms with Gasteiger partial charge in [0, 0.05) is 35.2 Å². The molecule has 16 heavy (non-hydrogen) atoms. The van der Waals surface area contributed by atoms with Crippen LogP contribution in [0.5, 0.6) is 0 Å². The molecule has 86 valence electrons. The van der Waals surface area contributed by atoms with Crippen molar-refractivity contribution in [3.05, 3.63) is 29.5 Å². The zero-order valence-electron chi connectivity index (χ0n) is 8.85. The van der Waals surface area contributed by atoms with E-state index in [4.69, 9.17) is 10.8 Å². The molecule has 0 amide bonds. The van der Waals surface area contributed by atoms with Crippen molar-refractivity contribution in [2.75, 3.05) is 24.2 Å². The van der Waals surface area contributed by atoms with Gasteiger partial charge in [0.25, 0.3) is 0 Å². The molecule has 5 nitrogen and oxygen atoms in total. The van der Waals surface area contributed by atoms with Crippen LogP contribution < -0.4 is 11.1 Å². The standard InChI is InChI=1S/C11H15N3O2/c12-10-1-2-11(13-4-6-15)9-7-14(16)5-3-8(9)10/h1-3,5,13,15-16H,4,6-7,12H2. The first kappa shape index (κ1) is 10.8. The third-order valence-electron chi connectivity index (χ3n) is 2.55. The Kier molecular flexibility index (Phi) is 2.98. The van der Waals surface area contributed by atoms with E-state index in [1.807, 2.05) is 12.1 Å². The van der Waals surface area contributed by atoms with Crippen molar-refractivity contribution >= 4 is 17.5 Å². The average molecular weight is 221 g/mol. The highest BCUT2D eigenvalue weighted by atomic mass is 16.5. The minimum atomic E-state index is 0.0673. The number of nitrogens with one attached hydrogen (secondary N) is 1. The molecule has 0 aliphatic carbocycles. The molecule has 1 aliphatic rings. The summed E-state index contributed by atoms with van der Waals surface area (Å²) in [5.74, 6) is 0. The van der Waals surface area contributed by atoms with Crippen LogP contribution in [0, 0.1) is 0 Å². The van der Waals surface area contributed by atoms with Crippen molar-refractivity contribution in [1.29, 1.82) is 0 Å². The number of aliphatic hydroxyl groups excluding tert-OH is 1. The maximum Gasteiger partial charge on any atom is 0.0723 e. The monoisotopic (exact) mass is 221 g/mol. The van der Waals surface area contributed by atoms with Crippen LogP contribution in [0.4, 0.5) is 11.4 Å². The summed E-state index contributed by atoms with van der Waals surface area (Å²) < 4.78 is 0. The molecule has 0 unspecified atom stereocenters.